The van der Waals surface area contributed by atoms with Crippen LogP contribution in [0.4, 0.5) is 0 Å². The first-order chi connectivity index (χ1) is 8.54. The molecule has 3 heteroatoms. The molecule has 1 aliphatic rings. The van der Waals surface area contributed by atoms with E-state index in [4.69, 9.17) is 9.47 Å². The smallest absolute Gasteiger partial charge is 0.338 e. The molecule has 0 saturated carbocycles. The van der Waals surface area contributed by atoms with E-state index in [1.807, 2.05) is 19.1 Å². The number of carbonyl (C=O) groups excluding carboxylic acids is 1. The summed E-state index contributed by atoms with van der Waals surface area (Å²) in [5.41, 5.74) is 1.56. The number of hydrogen-bond acceptors (Lipinski definition) is 3. The monoisotopic (exact) mass is 248 g/mol. The average molecular weight is 248 g/mol. The molecule has 0 bridgehead atoms. The molecule has 0 spiro atoms. The molecule has 1 heterocycles. The van der Waals surface area contributed by atoms with Crippen molar-refractivity contribution in [1.29, 1.82) is 0 Å². The van der Waals surface area contributed by atoms with Gasteiger partial charge in [-0.25, -0.2) is 4.79 Å². The van der Waals surface area contributed by atoms with Gasteiger partial charge in [0.05, 0.1) is 12.2 Å². The van der Waals surface area contributed by atoms with Crippen molar-refractivity contribution in [3.8, 4) is 0 Å². The number of carbonyl (C=O) groups is 1. The molecular weight excluding hydrogens is 228 g/mol. The molecule has 3 nitrogen and oxygen atoms in total. The van der Waals surface area contributed by atoms with Crippen LogP contribution < -0.4 is 0 Å². The Bertz CT molecular complexity index is 435. The van der Waals surface area contributed by atoms with Crippen LogP contribution in [0.2, 0.25) is 0 Å². The Labute approximate surface area is 108 Å². The minimum Gasteiger partial charge on any atom is -0.459 e. The van der Waals surface area contributed by atoms with E-state index in [-0.39, 0.29) is 11.6 Å². The normalized spacial score (nSPS) is 23.5. The molecule has 0 amide bonds. The Morgan fingerprint density at radius 1 is 1.56 bits per heavy atom. The number of esters is 1. The molecule has 18 heavy (non-hydrogen) atoms. The third-order valence-electron chi connectivity index (χ3n) is 3.45. The lowest BCUT2D eigenvalue weighted by Gasteiger charge is -2.11. The highest BCUT2D eigenvalue weighted by Gasteiger charge is 2.40. The van der Waals surface area contributed by atoms with Gasteiger partial charge in [0.15, 0.2) is 0 Å². The largest absolute Gasteiger partial charge is 0.459 e. The van der Waals surface area contributed by atoms with Crippen LogP contribution in [0.3, 0.4) is 0 Å². The van der Waals surface area contributed by atoms with Crippen molar-refractivity contribution < 1.29 is 14.3 Å². The number of benzene rings is 1. The van der Waals surface area contributed by atoms with E-state index in [0.717, 1.165) is 6.42 Å². The second-order valence-corrected chi connectivity index (χ2v) is 5.25. The summed E-state index contributed by atoms with van der Waals surface area (Å²) in [5, 5.41) is 0. The number of rotatable bonds is 5. The summed E-state index contributed by atoms with van der Waals surface area (Å²) in [4.78, 5) is 11.9. The quantitative estimate of drug-likeness (QED) is 0.593. The van der Waals surface area contributed by atoms with E-state index in [9.17, 15) is 4.79 Å². The predicted octanol–water partition coefficient (Wildman–Crippen LogP) is 3.15. The lowest BCUT2D eigenvalue weighted by Crippen LogP contribution is -2.18. The van der Waals surface area contributed by atoms with Crippen LogP contribution in [0.15, 0.2) is 24.3 Å². The summed E-state index contributed by atoms with van der Waals surface area (Å²) in [5.74, 6) is 0.193. The van der Waals surface area contributed by atoms with E-state index < -0.39 is 0 Å². The second kappa shape index (κ2) is 5.11. The summed E-state index contributed by atoms with van der Waals surface area (Å²) in [7, 11) is 0. The number of hydrogen-bond donors (Lipinski definition) is 0. The van der Waals surface area contributed by atoms with Crippen LogP contribution in [0.5, 0.6) is 0 Å². The molecule has 0 aromatic heterocycles. The average Bonchev–Trinajstić information content (AvgIpc) is 3.13. The van der Waals surface area contributed by atoms with Crippen molar-refractivity contribution in [2.45, 2.75) is 38.7 Å². The van der Waals surface area contributed by atoms with Crippen LogP contribution in [0, 0.1) is 0 Å². The molecule has 1 fully saturated rings. The van der Waals surface area contributed by atoms with Gasteiger partial charge < -0.3 is 9.47 Å². The number of ether oxygens (including phenoxy) is 2. The summed E-state index contributed by atoms with van der Waals surface area (Å²) in [6.07, 6.45) is 1.06. The highest BCUT2D eigenvalue weighted by Crippen LogP contribution is 2.26. The molecule has 0 aliphatic carbocycles. The topological polar surface area (TPSA) is 38.8 Å². The second-order valence-electron chi connectivity index (χ2n) is 5.25. The van der Waals surface area contributed by atoms with Gasteiger partial charge in [0.1, 0.15) is 12.2 Å². The van der Waals surface area contributed by atoms with Gasteiger partial charge in [-0.2, -0.15) is 0 Å². The van der Waals surface area contributed by atoms with Gasteiger partial charge in [0.2, 0.25) is 0 Å². The molecule has 1 saturated heterocycles. The Hall–Kier alpha value is -1.35. The van der Waals surface area contributed by atoms with Crippen molar-refractivity contribution in [3.05, 3.63) is 35.4 Å². The van der Waals surface area contributed by atoms with Crippen LogP contribution in [0.1, 0.15) is 49.0 Å². The fourth-order valence-electron chi connectivity index (χ4n) is 1.72. The maximum absolute atomic E-state index is 11.9. The van der Waals surface area contributed by atoms with Gasteiger partial charge in [0.25, 0.3) is 0 Å². The van der Waals surface area contributed by atoms with Gasteiger partial charge in [-0.05, 0) is 37.0 Å². The molecule has 2 unspecified atom stereocenters. The van der Waals surface area contributed by atoms with E-state index in [1.54, 1.807) is 6.07 Å². The lowest BCUT2D eigenvalue weighted by molar-refractivity contribution is 0.0410. The van der Waals surface area contributed by atoms with Crippen molar-refractivity contribution in [3.63, 3.8) is 0 Å². The van der Waals surface area contributed by atoms with Crippen molar-refractivity contribution in [2.24, 2.45) is 0 Å². The van der Waals surface area contributed by atoms with Gasteiger partial charge in [-0.3, -0.25) is 0 Å². The zero-order valence-electron chi connectivity index (χ0n) is 11.2. The van der Waals surface area contributed by atoms with Crippen LogP contribution in [-0.2, 0) is 9.47 Å². The Kier molecular flexibility index (Phi) is 3.71. The van der Waals surface area contributed by atoms with Crippen molar-refractivity contribution >= 4 is 5.97 Å². The van der Waals surface area contributed by atoms with E-state index in [2.05, 4.69) is 19.9 Å². The Morgan fingerprint density at radius 2 is 2.28 bits per heavy atom. The van der Waals surface area contributed by atoms with Crippen molar-refractivity contribution in [1.82, 2.24) is 0 Å². The summed E-state index contributed by atoms with van der Waals surface area (Å²) < 4.78 is 10.4. The van der Waals surface area contributed by atoms with Gasteiger partial charge in [-0.15, -0.1) is 0 Å². The highest BCUT2D eigenvalue weighted by atomic mass is 16.6. The maximum Gasteiger partial charge on any atom is 0.338 e. The molecular formula is C15H20O3. The standard InChI is InChI=1S/C15H20O3/c1-4-11(2)12-6-5-7-13(8-12)14(16)17-9-15(3)10-18-15/h5-8,11H,4,9-10H2,1-3H3. The summed E-state index contributed by atoms with van der Waals surface area (Å²) in [6.45, 7) is 7.24. The van der Waals surface area contributed by atoms with Gasteiger partial charge in [-0.1, -0.05) is 26.0 Å². The van der Waals surface area contributed by atoms with Gasteiger partial charge >= 0.3 is 5.97 Å². The number of epoxide rings is 1. The minimum absolute atomic E-state index is 0.246. The first kappa shape index (κ1) is 13.1. The molecule has 2 rings (SSSR count). The third kappa shape index (κ3) is 3.10. The summed E-state index contributed by atoms with van der Waals surface area (Å²) in [6, 6.07) is 7.68. The van der Waals surface area contributed by atoms with Crippen LogP contribution in [0.25, 0.3) is 0 Å². The fourth-order valence-corrected chi connectivity index (χ4v) is 1.72. The zero-order valence-corrected chi connectivity index (χ0v) is 11.2. The predicted molar refractivity (Wildman–Crippen MR) is 69.8 cm³/mol. The fraction of sp³-hybridized carbons (Fsp3) is 0.533. The highest BCUT2D eigenvalue weighted by molar-refractivity contribution is 5.89. The summed E-state index contributed by atoms with van der Waals surface area (Å²) >= 11 is 0. The zero-order chi connectivity index (χ0) is 13.2. The molecule has 0 N–H and O–H groups in total. The Morgan fingerprint density at radius 3 is 2.89 bits per heavy atom. The molecule has 1 aromatic carbocycles. The van der Waals surface area contributed by atoms with Crippen LogP contribution in [-0.4, -0.2) is 24.8 Å². The first-order valence-corrected chi connectivity index (χ1v) is 6.45. The molecule has 98 valence electrons. The minimum atomic E-state index is -0.267. The first-order valence-electron chi connectivity index (χ1n) is 6.45. The van der Waals surface area contributed by atoms with E-state index >= 15 is 0 Å². The van der Waals surface area contributed by atoms with Crippen molar-refractivity contribution in [2.75, 3.05) is 13.2 Å². The molecule has 2 atom stereocenters. The molecule has 1 aromatic rings. The maximum atomic E-state index is 11.9. The van der Waals surface area contributed by atoms with Gasteiger partial charge in [0, 0.05) is 0 Å². The van der Waals surface area contributed by atoms with E-state index in [0.29, 0.717) is 24.7 Å². The van der Waals surface area contributed by atoms with Crippen LogP contribution >= 0.6 is 0 Å². The van der Waals surface area contributed by atoms with E-state index in [1.165, 1.54) is 5.56 Å². The SMILES string of the molecule is CCC(C)c1cccc(C(=O)OCC2(C)CO2)c1. The Balaban J connectivity index is 2.00. The third-order valence-corrected chi connectivity index (χ3v) is 3.45. The molecule has 0 radical (unpaired) electrons. The lowest BCUT2D eigenvalue weighted by atomic mass is 9.97. The molecule has 1 aliphatic heterocycles.